The summed E-state index contributed by atoms with van der Waals surface area (Å²) in [5.41, 5.74) is 8.91. The summed E-state index contributed by atoms with van der Waals surface area (Å²) in [6.07, 6.45) is 28.0. The molecule has 0 atom stereocenters. The Balaban J connectivity index is 2.14. The lowest BCUT2D eigenvalue weighted by Gasteiger charge is -2.19. The Morgan fingerprint density at radius 3 is 2.58 bits per heavy atom. The highest BCUT2D eigenvalue weighted by Crippen LogP contribution is 2.40. The third-order valence-electron chi connectivity index (χ3n) is 7.05. The molecule has 0 amide bonds. The largest absolute Gasteiger partial charge is 0.310 e. The molecule has 0 saturated carbocycles. The Kier molecular flexibility index (Phi) is 11.7. The number of benzene rings is 1. The molecule has 1 N–H and O–H groups in total. The second-order valence-electron chi connectivity index (χ2n) is 11.7. The Hall–Kier alpha value is -3.20. The van der Waals surface area contributed by atoms with Gasteiger partial charge in [0.05, 0.1) is 0 Å². The molecular formula is C38H47NS. The summed E-state index contributed by atoms with van der Waals surface area (Å²) in [4.78, 5) is 1.37. The summed E-state index contributed by atoms with van der Waals surface area (Å²) in [7, 11) is 0. The molecule has 2 heterocycles. The molecule has 0 radical (unpaired) electrons. The highest BCUT2D eigenvalue weighted by molar-refractivity contribution is 7.19. The van der Waals surface area contributed by atoms with Gasteiger partial charge in [0.1, 0.15) is 0 Å². The van der Waals surface area contributed by atoms with Crippen LogP contribution in [0.3, 0.4) is 0 Å². The maximum Gasteiger partial charge on any atom is 0.0430 e. The number of thiophene rings is 1. The Bertz CT molecular complexity index is 1410. The van der Waals surface area contributed by atoms with Crippen LogP contribution >= 0.6 is 11.3 Å². The molecule has 1 aromatic heterocycles. The third kappa shape index (κ3) is 8.91. The smallest absolute Gasteiger partial charge is 0.0430 e. The lowest BCUT2D eigenvalue weighted by Crippen LogP contribution is -2.12. The minimum absolute atomic E-state index is 0.0739. The standard InChI is InChI=1S/C38H47NS/c1-9-11-19-33-35-26-30(5)25-34(31-18-16-23-39-22-15-13-12-14-17-28(3)24-31)37(35)40-36(33)27-29(4)20-21-32(10-2)38(6,7)8/h9-11,13,15-16,18-21,24-26,39H,1-3,12,14,17,22-23,27H2,4-8H3/b15-13-,18-16-,19-11-,29-20+,31-24+,32-21+. The van der Waals surface area contributed by atoms with Gasteiger partial charge in [-0.25, -0.2) is 0 Å². The van der Waals surface area contributed by atoms with Crippen LogP contribution in [0.4, 0.5) is 0 Å². The quantitative estimate of drug-likeness (QED) is 0.267. The fraction of sp³-hybridized carbons (Fsp3) is 0.316. The van der Waals surface area contributed by atoms with Gasteiger partial charge >= 0.3 is 0 Å². The van der Waals surface area contributed by atoms with Gasteiger partial charge in [0.2, 0.25) is 0 Å². The second kappa shape index (κ2) is 15.0. The third-order valence-corrected chi connectivity index (χ3v) is 8.30. The van der Waals surface area contributed by atoms with Crippen LogP contribution < -0.4 is 5.32 Å². The maximum atomic E-state index is 4.42. The molecule has 210 valence electrons. The van der Waals surface area contributed by atoms with Gasteiger partial charge in [0.15, 0.2) is 0 Å². The lowest BCUT2D eigenvalue weighted by molar-refractivity contribution is 0.517. The number of aryl methyl sites for hydroxylation is 1. The van der Waals surface area contributed by atoms with E-state index in [0.29, 0.717) is 0 Å². The first-order valence-electron chi connectivity index (χ1n) is 14.4. The number of hydrogen-bond acceptors (Lipinski definition) is 2. The molecular weight excluding hydrogens is 502 g/mol. The van der Waals surface area contributed by atoms with Gasteiger partial charge in [0, 0.05) is 34.5 Å². The van der Waals surface area contributed by atoms with E-state index < -0.39 is 0 Å². The van der Waals surface area contributed by atoms with E-state index in [1.165, 1.54) is 53.9 Å². The molecule has 1 aliphatic heterocycles. The molecule has 0 fully saturated rings. The topological polar surface area (TPSA) is 12.0 Å². The van der Waals surface area contributed by atoms with Crippen LogP contribution in [0.25, 0.3) is 21.7 Å². The average Bonchev–Trinajstić information content (AvgIpc) is 3.23. The highest BCUT2D eigenvalue weighted by Gasteiger charge is 2.17. The lowest BCUT2D eigenvalue weighted by atomic mass is 9.86. The van der Waals surface area contributed by atoms with Crippen molar-refractivity contribution in [3.05, 3.63) is 131 Å². The van der Waals surface area contributed by atoms with Gasteiger partial charge in [-0.3, -0.25) is 0 Å². The fourth-order valence-corrected chi connectivity index (χ4v) is 6.26. The zero-order chi connectivity index (χ0) is 29.1. The number of rotatable bonds is 7. The number of hydrogen-bond donors (Lipinski definition) is 1. The van der Waals surface area contributed by atoms with Crippen molar-refractivity contribution in [1.29, 1.82) is 0 Å². The van der Waals surface area contributed by atoms with Crippen molar-refractivity contribution in [1.82, 2.24) is 5.32 Å². The van der Waals surface area contributed by atoms with Gasteiger partial charge in [-0.2, -0.15) is 0 Å². The van der Waals surface area contributed by atoms with E-state index in [0.717, 1.165) is 38.8 Å². The first-order chi connectivity index (χ1) is 19.1. The normalized spacial score (nSPS) is 19.4. The molecule has 0 bridgehead atoms. The zero-order valence-electron chi connectivity index (χ0n) is 25.3. The molecule has 2 heteroatoms. The SMILES string of the molecule is C=C/C=C\c1c(C/C(C)=C/C=C(\C=C)C(C)(C)C)sc2c(C3=C/C(=C)CCC/C=C\CNC/C=C\3)cc(C)cc12. The van der Waals surface area contributed by atoms with Crippen molar-refractivity contribution in [2.45, 2.75) is 60.3 Å². The van der Waals surface area contributed by atoms with Gasteiger partial charge in [0.25, 0.3) is 0 Å². The number of nitrogens with one attached hydrogen (secondary N) is 1. The molecule has 3 rings (SSSR count). The van der Waals surface area contributed by atoms with Crippen molar-refractivity contribution in [3.63, 3.8) is 0 Å². The van der Waals surface area contributed by atoms with E-state index in [2.05, 4.69) is 126 Å². The van der Waals surface area contributed by atoms with Crippen molar-refractivity contribution >= 4 is 33.1 Å². The molecule has 0 spiro atoms. The van der Waals surface area contributed by atoms with Crippen LogP contribution in [0.2, 0.25) is 0 Å². The predicted octanol–water partition coefficient (Wildman–Crippen LogP) is 10.9. The van der Waals surface area contributed by atoms with Crippen molar-refractivity contribution in [2.75, 3.05) is 13.1 Å². The monoisotopic (exact) mass is 549 g/mol. The molecule has 0 unspecified atom stereocenters. The van der Waals surface area contributed by atoms with E-state index >= 15 is 0 Å². The van der Waals surface area contributed by atoms with Gasteiger partial charge in [-0.05, 0) is 78.5 Å². The molecule has 1 aromatic carbocycles. The maximum absolute atomic E-state index is 4.42. The first-order valence-corrected chi connectivity index (χ1v) is 15.2. The van der Waals surface area contributed by atoms with E-state index in [9.17, 15) is 0 Å². The minimum atomic E-state index is 0.0739. The predicted molar refractivity (Wildman–Crippen MR) is 183 cm³/mol. The summed E-state index contributed by atoms with van der Waals surface area (Å²) in [5.74, 6) is 0. The van der Waals surface area contributed by atoms with E-state index in [-0.39, 0.29) is 5.41 Å². The van der Waals surface area contributed by atoms with E-state index in [1.807, 2.05) is 23.5 Å². The average molecular weight is 550 g/mol. The van der Waals surface area contributed by atoms with Crippen molar-refractivity contribution in [2.24, 2.45) is 5.41 Å². The summed E-state index contributed by atoms with van der Waals surface area (Å²) in [5, 5.41) is 4.80. The zero-order valence-corrected chi connectivity index (χ0v) is 26.1. The first kappa shape index (κ1) is 31.3. The van der Waals surface area contributed by atoms with Gasteiger partial charge in [-0.1, -0.05) is 118 Å². The fourth-order valence-electron chi connectivity index (χ4n) is 4.86. The van der Waals surface area contributed by atoms with Crippen LogP contribution in [-0.2, 0) is 6.42 Å². The molecule has 1 aliphatic rings. The summed E-state index contributed by atoms with van der Waals surface area (Å²) < 4.78 is 1.33. The Morgan fingerprint density at radius 1 is 1.07 bits per heavy atom. The summed E-state index contributed by atoms with van der Waals surface area (Å²) in [6, 6.07) is 4.67. The summed E-state index contributed by atoms with van der Waals surface area (Å²) in [6.45, 7) is 25.2. The molecule has 0 aliphatic carbocycles. The molecule has 0 saturated heterocycles. The van der Waals surface area contributed by atoms with E-state index in [4.69, 9.17) is 0 Å². The van der Waals surface area contributed by atoms with Gasteiger partial charge in [-0.15, -0.1) is 11.3 Å². The highest BCUT2D eigenvalue weighted by atomic mass is 32.1. The van der Waals surface area contributed by atoms with Crippen molar-refractivity contribution < 1.29 is 0 Å². The van der Waals surface area contributed by atoms with Gasteiger partial charge < -0.3 is 5.32 Å². The van der Waals surface area contributed by atoms with Crippen LogP contribution in [0.5, 0.6) is 0 Å². The molecule has 1 nitrogen and oxygen atoms in total. The van der Waals surface area contributed by atoms with Crippen LogP contribution in [0.15, 0.2) is 109 Å². The minimum Gasteiger partial charge on any atom is -0.310 e. The van der Waals surface area contributed by atoms with Crippen LogP contribution in [-0.4, -0.2) is 13.1 Å². The number of allylic oxidation sites excluding steroid dienone is 12. The Labute approximate surface area is 247 Å². The summed E-state index contributed by atoms with van der Waals surface area (Å²) >= 11 is 1.91. The van der Waals surface area contributed by atoms with E-state index in [1.54, 1.807) is 0 Å². The Morgan fingerprint density at radius 2 is 1.85 bits per heavy atom. The van der Waals surface area contributed by atoms with Crippen molar-refractivity contribution in [3.8, 4) is 0 Å². The molecule has 40 heavy (non-hydrogen) atoms. The molecule has 2 aromatic rings. The second-order valence-corrected chi connectivity index (χ2v) is 12.8. The van der Waals surface area contributed by atoms with Crippen LogP contribution in [0, 0.1) is 12.3 Å². The number of fused-ring (bicyclic) bond motifs is 1. The van der Waals surface area contributed by atoms with Crippen LogP contribution in [0.1, 0.15) is 68.5 Å².